The minimum atomic E-state index is -3.72. The summed E-state index contributed by atoms with van der Waals surface area (Å²) in [5.74, 6) is -0.0311. The Kier molecular flexibility index (Phi) is 5.93. The normalized spacial score (nSPS) is 14.0. The van der Waals surface area contributed by atoms with Gasteiger partial charge in [-0.15, -0.1) is 0 Å². The van der Waals surface area contributed by atoms with E-state index in [4.69, 9.17) is 0 Å². The van der Waals surface area contributed by atoms with Gasteiger partial charge in [-0.25, -0.2) is 8.42 Å². The Hall–Kier alpha value is -2.54. The van der Waals surface area contributed by atoms with Crippen LogP contribution in [-0.2, 0) is 21.2 Å². The number of amides is 1. The molecule has 0 fully saturated rings. The fourth-order valence-electron chi connectivity index (χ4n) is 3.47. The number of carbonyl (C=O) groups is 1. The molecule has 0 unspecified atom stereocenters. The lowest BCUT2D eigenvalue weighted by Crippen LogP contribution is -2.22. The van der Waals surface area contributed by atoms with Gasteiger partial charge in [0.2, 0.25) is 5.91 Å². The van der Waals surface area contributed by atoms with E-state index in [0.29, 0.717) is 30.6 Å². The standard InChI is InChI=1S/C21H27N3O3S/c1-4-24(5-2)17-9-11-19(15(3)13-17)23-28(26,27)18-10-12-20-16(14-18)7-6-8-21(25)22-20/h9-14,23H,4-8H2,1-3H3,(H,22,25). The number of sulfonamides is 1. The van der Waals surface area contributed by atoms with Crippen LogP contribution in [0.5, 0.6) is 0 Å². The second-order valence-electron chi connectivity index (χ2n) is 7.00. The Labute approximate surface area is 167 Å². The van der Waals surface area contributed by atoms with Gasteiger partial charge in [-0.2, -0.15) is 0 Å². The number of aryl methyl sites for hydroxylation is 2. The van der Waals surface area contributed by atoms with Crippen LogP contribution in [0, 0.1) is 6.92 Å². The highest BCUT2D eigenvalue weighted by Crippen LogP contribution is 2.28. The number of carbonyl (C=O) groups excluding carboxylic acids is 1. The highest BCUT2D eigenvalue weighted by Gasteiger charge is 2.20. The monoisotopic (exact) mass is 401 g/mol. The van der Waals surface area contributed by atoms with E-state index in [1.54, 1.807) is 12.1 Å². The molecule has 0 spiro atoms. The van der Waals surface area contributed by atoms with Gasteiger partial charge in [-0.1, -0.05) is 0 Å². The zero-order chi connectivity index (χ0) is 20.3. The summed E-state index contributed by atoms with van der Waals surface area (Å²) >= 11 is 0. The number of fused-ring (bicyclic) bond motifs is 1. The van der Waals surface area contributed by atoms with E-state index in [1.165, 1.54) is 6.07 Å². The number of nitrogens with one attached hydrogen (secondary N) is 2. The summed E-state index contributed by atoms with van der Waals surface area (Å²) in [6.07, 6.45) is 1.84. The molecule has 0 aromatic heterocycles. The average molecular weight is 402 g/mol. The quantitative estimate of drug-likeness (QED) is 0.769. The van der Waals surface area contributed by atoms with Gasteiger partial charge < -0.3 is 10.2 Å². The van der Waals surface area contributed by atoms with Gasteiger partial charge in [0.25, 0.3) is 10.0 Å². The largest absolute Gasteiger partial charge is 0.372 e. The summed E-state index contributed by atoms with van der Waals surface area (Å²) in [5.41, 5.74) is 4.06. The molecule has 0 radical (unpaired) electrons. The fraction of sp³-hybridized carbons (Fsp3) is 0.381. The van der Waals surface area contributed by atoms with Crippen LogP contribution >= 0.6 is 0 Å². The molecule has 1 aliphatic heterocycles. The second-order valence-corrected chi connectivity index (χ2v) is 8.68. The van der Waals surface area contributed by atoms with Gasteiger partial charge in [-0.3, -0.25) is 9.52 Å². The summed E-state index contributed by atoms with van der Waals surface area (Å²) in [7, 11) is -3.72. The molecule has 6 nitrogen and oxygen atoms in total. The number of rotatable bonds is 6. The highest BCUT2D eigenvalue weighted by molar-refractivity contribution is 7.92. The van der Waals surface area contributed by atoms with Crippen molar-refractivity contribution in [2.45, 2.75) is 44.9 Å². The molecule has 2 N–H and O–H groups in total. The Balaban J connectivity index is 1.86. The second kappa shape index (κ2) is 8.22. The van der Waals surface area contributed by atoms with E-state index >= 15 is 0 Å². The lowest BCUT2D eigenvalue weighted by atomic mass is 10.1. The topological polar surface area (TPSA) is 78.5 Å². The third kappa shape index (κ3) is 4.30. The number of benzene rings is 2. The van der Waals surface area contributed by atoms with Crippen molar-refractivity contribution in [1.82, 2.24) is 0 Å². The minimum absolute atomic E-state index is 0.0311. The Morgan fingerprint density at radius 3 is 2.50 bits per heavy atom. The zero-order valence-electron chi connectivity index (χ0n) is 16.6. The fourth-order valence-corrected chi connectivity index (χ4v) is 4.65. The SMILES string of the molecule is CCN(CC)c1ccc(NS(=O)(=O)c2ccc3c(c2)CCCC(=O)N3)c(C)c1. The van der Waals surface area contributed by atoms with Gasteiger partial charge in [0.05, 0.1) is 10.6 Å². The first-order valence-corrected chi connectivity index (χ1v) is 11.1. The molecule has 2 aromatic rings. The van der Waals surface area contributed by atoms with Crippen molar-refractivity contribution < 1.29 is 13.2 Å². The molecule has 0 saturated carbocycles. The van der Waals surface area contributed by atoms with Crippen LogP contribution in [0.3, 0.4) is 0 Å². The molecule has 0 bridgehead atoms. The Morgan fingerprint density at radius 1 is 1.07 bits per heavy atom. The molecule has 150 valence electrons. The third-order valence-corrected chi connectivity index (χ3v) is 6.46. The van der Waals surface area contributed by atoms with Crippen molar-refractivity contribution in [3.63, 3.8) is 0 Å². The van der Waals surface area contributed by atoms with Crippen LogP contribution in [0.25, 0.3) is 0 Å². The van der Waals surface area contributed by atoms with Crippen molar-refractivity contribution in [2.75, 3.05) is 28.0 Å². The van der Waals surface area contributed by atoms with E-state index in [1.807, 2.05) is 25.1 Å². The van der Waals surface area contributed by atoms with Crippen LogP contribution in [0.1, 0.15) is 37.8 Å². The molecule has 2 aromatic carbocycles. The maximum Gasteiger partial charge on any atom is 0.261 e. The molecule has 1 aliphatic rings. The van der Waals surface area contributed by atoms with Gasteiger partial charge >= 0.3 is 0 Å². The first kappa shape index (κ1) is 20.2. The lowest BCUT2D eigenvalue weighted by Gasteiger charge is -2.22. The number of hydrogen-bond donors (Lipinski definition) is 2. The van der Waals surface area contributed by atoms with Crippen LogP contribution in [0.4, 0.5) is 17.1 Å². The van der Waals surface area contributed by atoms with Crippen molar-refractivity contribution in [3.8, 4) is 0 Å². The van der Waals surface area contributed by atoms with Gasteiger partial charge in [-0.05, 0) is 81.1 Å². The Bertz CT molecular complexity index is 982. The molecule has 7 heteroatoms. The van der Waals surface area contributed by atoms with E-state index in [9.17, 15) is 13.2 Å². The maximum atomic E-state index is 12.9. The number of hydrogen-bond acceptors (Lipinski definition) is 4. The average Bonchev–Trinajstić information content (AvgIpc) is 2.84. The van der Waals surface area contributed by atoms with Crippen molar-refractivity contribution in [1.29, 1.82) is 0 Å². The van der Waals surface area contributed by atoms with Gasteiger partial charge in [0, 0.05) is 30.9 Å². The molecular weight excluding hydrogens is 374 g/mol. The predicted molar refractivity (Wildman–Crippen MR) is 114 cm³/mol. The molecule has 0 saturated heterocycles. The first-order valence-electron chi connectivity index (χ1n) is 9.65. The van der Waals surface area contributed by atoms with E-state index in [-0.39, 0.29) is 10.8 Å². The predicted octanol–water partition coefficient (Wildman–Crippen LogP) is 3.92. The molecule has 3 rings (SSSR count). The van der Waals surface area contributed by atoms with E-state index in [0.717, 1.165) is 29.9 Å². The summed E-state index contributed by atoms with van der Waals surface area (Å²) in [6, 6.07) is 10.6. The number of anilines is 3. The highest BCUT2D eigenvalue weighted by atomic mass is 32.2. The third-order valence-electron chi connectivity index (χ3n) is 5.09. The van der Waals surface area contributed by atoms with Gasteiger partial charge in [0.15, 0.2) is 0 Å². The molecular formula is C21H27N3O3S. The lowest BCUT2D eigenvalue weighted by molar-refractivity contribution is -0.116. The van der Waals surface area contributed by atoms with Crippen LogP contribution < -0.4 is 14.9 Å². The van der Waals surface area contributed by atoms with Crippen molar-refractivity contribution in [2.24, 2.45) is 0 Å². The smallest absolute Gasteiger partial charge is 0.261 e. The summed E-state index contributed by atoms with van der Waals surface area (Å²) in [5, 5.41) is 2.83. The summed E-state index contributed by atoms with van der Waals surface area (Å²) in [4.78, 5) is 14.1. The van der Waals surface area contributed by atoms with Gasteiger partial charge in [0.1, 0.15) is 0 Å². The van der Waals surface area contributed by atoms with E-state index in [2.05, 4.69) is 28.8 Å². The summed E-state index contributed by atoms with van der Waals surface area (Å²) < 4.78 is 28.5. The molecule has 1 amide bonds. The van der Waals surface area contributed by atoms with Crippen LogP contribution in [-0.4, -0.2) is 27.4 Å². The van der Waals surface area contributed by atoms with Crippen molar-refractivity contribution in [3.05, 3.63) is 47.5 Å². The van der Waals surface area contributed by atoms with Crippen LogP contribution in [0.15, 0.2) is 41.3 Å². The number of nitrogens with zero attached hydrogens (tertiary/aromatic N) is 1. The first-order chi connectivity index (χ1) is 13.3. The zero-order valence-corrected chi connectivity index (χ0v) is 17.4. The van der Waals surface area contributed by atoms with E-state index < -0.39 is 10.0 Å². The molecule has 1 heterocycles. The molecule has 28 heavy (non-hydrogen) atoms. The summed E-state index contributed by atoms with van der Waals surface area (Å²) in [6.45, 7) is 7.88. The van der Waals surface area contributed by atoms with Crippen molar-refractivity contribution >= 4 is 33.0 Å². The minimum Gasteiger partial charge on any atom is -0.372 e. The molecule has 0 atom stereocenters. The Morgan fingerprint density at radius 2 is 1.82 bits per heavy atom. The molecule has 0 aliphatic carbocycles. The van der Waals surface area contributed by atoms with Crippen LogP contribution in [0.2, 0.25) is 0 Å². The maximum absolute atomic E-state index is 12.9.